The molecule has 3 aromatic rings. The fourth-order valence-corrected chi connectivity index (χ4v) is 3.44. The first-order valence-electron chi connectivity index (χ1n) is 6.89. The molecule has 1 aromatic carbocycles. The predicted octanol–water partition coefficient (Wildman–Crippen LogP) is 3.26. The summed E-state index contributed by atoms with van der Waals surface area (Å²) >= 11 is 1.67. The number of aryl methyl sites for hydroxylation is 1. The Kier molecular flexibility index (Phi) is 2.65. The number of hydrogen-bond donors (Lipinski definition) is 1. The lowest BCUT2D eigenvalue weighted by atomic mass is 10.2. The van der Waals surface area contributed by atoms with Crippen molar-refractivity contribution in [2.45, 2.75) is 32.4 Å². The number of nitrogens with two attached hydrogens (primary N) is 1. The second kappa shape index (κ2) is 4.40. The lowest BCUT2D eigenvalue weighted by molar-refractivity contribution is 0.776. The third-order valence-electron chi connectivity index (χ3n) is 3.85. The van der Waals surface area contributed by atoms with Crippen LogP contribution in [-0.4, -0.2) is 14.5 Å². The quantitative estimate of drug-likeness (QED) is 0.803. The van der Waals surface area contributed by atoms with E-state index in [1.165, 1.54) is 23.2 Å². The molecule has 1 fully saturated rings. The molecule has 5 heteroatoms. The molecule has 0 saturated heterocycles. The Morgan fingerprint density at radius 2 is 2.25 bits per heavy atom. The molecular weight excluding hydrogens is 268 g/mol. The van der Waals surface area contributed by atoms with Crippen LogP contribution < -0.4 is 5.73 Å². The molecule has 0 spiro atoms. The molecule has 4 nitrogen and oxygen atoms in total. The highest BCUT2D eigenvalue weighted by atomic mass is 32.1. The van der Waals surface area contributed by atoms with Gasteiger partial charge in [-0.15, -0.1) is 11.3 Å². The Balaban J connectivity index is 1.99. The highest BCUT2D eigenvalue weighted by Crippen LogP contribution is 2.42. The van der Waals surface area contributed by atoms with Crippen molar-refractivity contribution in [1.82, 2.24) is 14.5 Å². The van der Waals surface area contributed by atoms with Crippen molar-refractivity contribution >= 4 is 22.4 Å². The molecule has 102 valence electrons. The predicted molar refractivity (Wildman–Crippen MR) is 81.7 cm³/mol. The van der Waals surface area contributed by atoms with E-state index in [2.05, 4.69) is 27.8 Å². The molecule has 0 aliphatic heterocycles. The normalized spacial score (nSPS) is 15.1. The van der Waals surface area contributed by atoms with Crippen LogP contribution in [0.15, 0.2) is 23.7 Å². The Labute approximate surface area is 121 Å². The Bertz CT molecular complexity index is 782. The van der Waals surface area contributed by atoms with Crippen LogP contribution in [0.4, 0.5) is 0 Å². The number of thiazole rings is 1. The van der Waals surface area contributed by atoms with Gasteiger partial charge in [0, 0.05) is 12.6 Å². The van der Waals surface area contributed by atoms with E-state index in [4.69, 9.17) is 10.7 Å². The number of nitrogens with zero attached hydrogens (tertiary/aromatic N) is 3. The fraction of sp³-hybridized carbons (Fsp3) is 0.333. The highest BCUT2D eigenvalue weighted by molar-refractivity contribution is 7.13. The van der Waals surface area contributed by atoms with Gasteiger partial charge in [-0.25, -0.2) is 9.97 Å². The number of rotatable bonds is 3. The van der Waals surface area contributed by atoms with Gasteiger partial charge < -0.3 is 10.3 Å². The summed E-state index contributed by atoms with van der Waals surface area (Å²) in [7, 11) is 0. The van der Waals surface area contributed by atoms with Gasteiger partial charge in [0.05, 0.1) is 27.1 Å². The summed E-state index contributed by atoms with van der Waals surface area (Å²) in [6.07, 6.45) is 2.49. The number of hydrogen-bond acceptors (Lipinski definition) is 4. The standard InChI is InChI=1S/C15H16N4S/c1-9-14(20-8-17-9)15-18-12-6-10(7-16)2-5-13(12)19(15)11-3-4-11/h2,5-6,8,11H,3-4,7,16H2,1H3. The molecule has 0 bridgehead atoms. The van der Waals surface area contributed by atoms with Crippen molar-refractivity contribution in [3.63, 3.8) is 0 Å². The maximum Gasteiger partial charge on any atom is 0.153 e. The van der Waals surface area contributed by atoms with Crippen molar-refractivity contribution in [2.75, 3.05) is 0 Å². The largest absolute Gasteiger partial charge is 0.326 e. The van der Waals surface area contributed by atoms with Gasteiger partial charge in [0.25, 0.3) is 0 Å². The van der Waals surface area contributed by atoms with Gasteiger partial charge in [-0.1, -0.05) is 6.07 Å². The number of imidazole rings is 1. The molecule has 1 aliphatic carbocycles. The lowest BCUT2D eigenvalue weighted by Crippen LogP contribution is -1.98. The molecule has 0 unspecified atom stereocenters. The van der Waals surface area contributed by atoms with E-state index in [1.807, 2.05) is 12.4 Å². The zero-order valence-corrected chi connectivity index (χ0v) is 12.2. The first-order valence-corrected chi connectivity index (χ1v) is 7.77. The van der Waals surface area contributed by atoms with Crippen molar-refractivity contribution in [3.8, 4) is 10.7 Å². The van der Waals surface area contributed by atoms with E-state index < -0.39 is 0 Å². The van der Waals surface area contributed by atoms with E-state index in [0.29, 0.717) is 12.6 Å². The van der Waals surface area contributed by atoms with Crippen LogP contribution >= 0.6 is 11.3 Å². The van der Waals surface area contributed by atoms with E-state index in [1.54, 1.807) is 11.3 Å². The minimum Gasteiger partial charge on any atom is -0.326 e. The summed E-state index contributed by atoms with van der Waals surface area (Å²) in [5, 5.41) is 0. The summed E-state index contributed by atoms with van der Waals surface area (Å²) in [5.41, 5.74) is 12.1. The van der Waals surface area contributed by atoms with Gasteiger partial charge in [-0.3, -0.25) is 0 Å². The monoisotopic (exact) mass is 284 g/mol. The Morgan fingerprint density at radius 3 is 2.90 bits per heavy atom. The first kappa shape index (κ1) is 12.1. The molecule has 2 aromatic heterocycles. The number of fused-ring (bicyclic) bond motifs is 1. The van der Waals surface area contributed by atoms with Crippen molar-refractivity contribution in [2.24, 2.45) is 5.73 Å². The van der Waals surface area contributed by atoms with E-state index in [0.717, 1.165) is 22.6 Å². The van der Waals surface area contributed by atoms with Crippen LogP contribution in [0.3, 0.4) is 0 Å². The summed E-state index contributed by atoms with van der Waals surface area (Å²) in [6.45, 7) is 2.61. The summed E-state index contributed by atoms with van der Waals surface area (Å²) < 4.78 is 2.39. The van der Waals surface area contributed by atoms with Gasteiger partial charge >= 0.3 is 0 Å². The molecule has 1 aliphatic rings. The lowest BCUT2D eigenvalue weighted by Gasteiger charge is -2.06. The molecule has 0 amide bonds. The van der Waals surface area contributed by atoms with Gasteiger partial charge in [0.1, 0.15) is 0 Å². The van der Waals surface area contributed by atoms with E-state index >= 15 is 0 Å². The van der Waals surface area contributed by atoms with Crippen molar-refractivity contribution < 1.29 is 0 Å². The third kappa shape index (κ3) is 1.77. The van der Waals surface area contributed by atoms with Gasteiger partial charge in [-0.05, 0) is 37.5 Å². The molecule has 1 saturated carbocycles. The first-order chi connectivity index (χ1) is 9.78. The van der Waals surface area contributed by atoms with Crippen LogP contribution in [0, 0.1) is 6.92 Å². The molecular formula is C15H16N4S. The molecule has 20 heavy (non-hydrogen) atoms. The SMILES string of the molecule is Cc1ncsc1-c1nc2cc(CN)ccc2n1C1CC1. The van der Waals surface area contributed by atoms with Crippen LogP contribution in [0.2, 0.25) is 0 Å². The topological polar surface area (TPSA) is 56.7 Å². The van der Waals surface area contributed by atoms with Gasteiger partial charge in [0.15, 0.2) is 5.82 Å². The van der Waals surface area contributed by atoms with E-state index in [-0.39, 0.29) is 0 Å². The van der Waals surface area contributed by atoms with Crippen molar-refractivity contribution in [1.29, 1.82) is 0 Å². The maximum atomic E-state index is 5.73. The Morgan fingerprint density at radius 1 is 1.40 bits per heavy atom. The molecule has 0 radical (unpaired) electrons. The second-order valence-corrected chi connectivity index (χ2v) is 6.19. The zero-order valence-electron chi connectivity index (χ0n) is 11.3. The van der Waals surface area contributed by atoms with Gasteiger partial charge in [0.2, 0.25) is 0 Å². The van der Waals surface area contributed by atoms with Crippen LogP contribution in [0.5, 0.6) is 0 Å². The minimum atomic E-state index is 0.557. The van der Waals surface area contributed by atoms with Crippen LogP contribution in [0.1, 0.15) is 30.1 Å². The van der Waals surface area contributed by atoms with Crippen molar-refractivity contribution in [3.05, 3.63) is 35.0 Å². The smallest absolute Gasteiger partial charge is 0.153 e. The molecule has 2 heterocycles. The summed E-state index contributed by atoms with van der Waals surface area (Å²) in [5.74, 6) is 1.07. The Hall–Kier alpha value is -1.72. The minimum absolute atomic E-state index is 0.557. The maximum absolute atomic E-state index is 5.73. The van der Waals surface area contributed by atoms with Crippen LogP contribution in [0.25, 0.3) is 21.7 Å². The molecule has 4 rings (SSSR count). The van der Waals surface area contributed by atoms with Crippen LogP contribution in [-0.2, 0) is 6.54 Å². The summed E-state index contributed by atoms with van der Waals surface area (Å²) in [6, 6.07) is 6.96. The second-order valence-electron chi connectivity index (χ2n) is 5.33. The van der Waals surface area contributed by atoms with E-state index in [9.17, 15) is 0 Å². The average molecular weight is 284 g/mol. The molecule has 2 N–H and O–H groups in total. The zero-order chi connectivity index (χ0) is 13.7. The number of aromatic nitrogens is 3. The third-order valence-corrected chi connectivity index (χ3v) is 4.77. The van der Waals surface area contributed by atoms with Gasteiger partial charge in [-0.2, -0.15) is 0 Å². The molecule has 0 atom stereocenters. The summed E-state index contributed by atoms with van der Waals surface area (Å²) in [4.78, 5) is 10.4. The fourth-order valence-electron chi connectivity index (χ4n) is 2.65. The number of benzene rings is 1. The average Bonchev–Trinajstić information content (AvgIpc) is 3.10. The highest BCUT2D eigenvalue weighted by Gasteiger charge is 2.29.